The summed E-state index contributed by atoms with van der Waals surface area (Å²) in [5.74, 6) is 1.49. The number of nitrogens with zero attached hydrogens (tertiary/aromatic N) is 4. The molecule has 4 aromatic rings. The first-order valence-corrected chi connectivity index (χ1v) is 11.1. The van der Waals surface area contributed by atoms with Crippen LogP contribution in [0.2, 0.25) is 5.02 Å². The molecule has 3 heterocycles. The predicted molar refractivity (Wildman–Crippen MR) is 118 cm³/mol. The number of benzene rings is 1. The third-order valence-corrected chi connectivity index (χ3v) is 6.32. The second kappa shape index (κ2) is 8.52. The second-order valence-corrected chi connectivity index (χ2v) is 8.95. The van der Waals surface area contributed by atoms with E-state index in [0.717, 1.165) is 28.1 Å². The standard InChI is InChI=1S/C20H18ClN5OS2/c1-3-14-16(12-6-8-13(21)9-7-12)17(22)24-20(23-14)29-11(2)18-25-26-19(27-18)15-5-4-10-28-15/h4-11H,3H2,1-2H3,(H2,22,23,24)/t11-/m1/s1. The van der Waals surface area contributed by atoms with Crippen molar-refractivity contribution in [2.45, 2.75) is 30.7 Å². The molecule has 1 aromatic carbocycles. The summed E-state index contributed by atoms with van der Waals surface area (Å²) < 4.78 is 5.82. The molecule has 3 aromatic heterocycles. The van der Waals surface area contributed by atoms with Gasteiger partial charge in [0.25, 0.3) is 5.89 Å². The van der Waals surface area contributed by atoms with E-state index >= 15 is 0 Å². The lowest BCUT2D eigenvalue weighted by Gasteiger charge is -2.13. The van der Waals surface area contributed by atoms with Gasteiger partial charge in [0.05, 0.1) is 15.8 Å². The van der Waals surface area contributed by atoms with Crippen LogP contribution in [0.25, 0.3) is 21.9 Å². The first-order valence-electron chi connectivity index (χ1n) is 9.01. The number of halogens is 1. The molecule has 0 bridgehead atoms. The molecule has 9 heteroatoms. The maximum atomic E-state index is 6.30. The van der Waals surface area contributed by atoms with Gasteiger partial charge in [-0.1, -0.05) is 48.5 Å². The van der Waals surface area contributed by atoms with Crippen molar-refractivity contribution in [2.75, 3.05) is 5.73 Å². The summed E-state index contributed by atoms with van der Waals surface area (Å²) >= 11 is 9.00. The van der Waals surface area contributed by atoms with E-state index in [9.17, 15) is 0 Å². The molecule has 4 rings (SSSR count). The van der Waals surface area contributed by atoms with Gasteiger partial charge < -0.3 is 10.2 Å². The summed E-state index contributed by atoms with van der Waals surface area (Å²) in [5, 5.41) is 11.4. The van der Waals surface area contributed by atoms with E-state index in [2.05, 4.69) is 15.2 Å². The summed E-state index contributed by atoms with van der Waals surface area (Å²) in [6.45, 7) is 4.03. The van der Waals surface area contributed by atoms with Gasteiger partial charge in [-0.05, 0) is 42.5 Å². The lowest BCUT2D eigenvalue weighted by Crippen LogP contribution is -2.04. The first kappa shape index (κ1) is 19.9. The Balaban J connectivity index is 1.59. The summed E-state index contributed by atoms with van der Waals surface area (Å²) in [7, 11) is 0. The fourth-order valence-corrected chi connectivity index (χ4v) is 4.45. The third-order valence-electron chi connectivity index (χ3n) is 4.26. The Kier molecular flexibility index (Phi) is 5.84. The normalized spacial score (nSPS) is 12.2. The molecule has 0 aliphatic rings. The maximum Gasteiger partial charge on any atom is 0.257 e. The van der Waals surface area contributed by atoms with Crippen LogP contribution in [0.3, 0.4) is 0 Å². The maximum absolute atomic E-state index is 6.30. The highest BCUT2D eigenvalue weighted by Crippen LogP contribution is 2.37. The Morgan fingerprint density at radius 2 is 1.97 bits per heavy atom. The van der Waals surface area contributed by atoms with E-state index in [-0.39, 0.29) is 5.25 Å². The van der Waals surface area contributed by atoms with Gasteiger partial charge in [0.15, 0.2) is 5.16 Å². The number of hydrogen-bond acceptors (Lipinski definition) is 8. The number of nitrogen functional groups attached to an aromatic ring is 1. The summed E-state index contributed by atoms with van der Waals surface area (Å²) in [6, 6.07) is 11.4. The number of nitrogens with two attached hydrogens (primary N) is 1. The van der Waals surface area contributed by atoms with Gasteiger partial charge in [-0.15, -0.1) is 21.5 Å². The number of hydrogen-bond donors (Lipinski definition) is 1. The topological polar surface area (TPSA) is 90.7 Å². The smallest absolute Gasteiger partial charge is 0.257 e. The molecular weight excluding hydrogens is 426 g/mol. The molecule has 0 radical (unpaired) electrons. The molecule has 148 valence electrons. The van der Waals surface area contributed by atoms with E-state index in [0.29, 0.717) is 27.8 Å². The molecule has 0 amide bonds. The largest absolute Gasteiger partial charge is 0.419 e. The van der Waals surface area contributed by atoms with Gasteiger partial charge in [0.1, 0.15) is 5.82 Å². The van der Waals surface area contributed by atoms with Crippen LogP contribution in [0.4, 0.5) is 5.82 Å². The van der Waals surface area contributed by atoms with Crippen LogP contribution >= 0.6 is 34.7 Å². The number of aromatic nitrogens is 4. The van der Waals surface area contributed by atoms with Gasteiger partial charge >= 0.3 is 0 Å². The Morgan fingerprint density at radius 1 is 1.17 bits per heavy atom. The monoisotopic (exact) mass is 443 g/mol. The van der Waals surface area contributed by atoms with Crippen molar-refractivity contribution >= 4 is 40.5 Å². The minimum Gasteiger partial charge on any atom is -0.419 e. The van der Waals surface area contributed by atoms with E-state index in [1.807, 2.05) is 55.6 Å². The van der Waals surface area contributed by atoms with Crippen molar-refractivity contribution in [3.63, 3.8) is 0 Å². The van der Waals surface area contributed by atoms with Crippen LogP contribution in [0.1, 0.15) is 30.7 Å². The molecule has 0 fully saturated rings. The van der Waals surface area contributed by atoms with Gasteiger partial charge in [0.2, 0.25) is 5.89 Å². The zero-order chi connectivity index (χ0) is 20.4. The Bertz CT molecular complexity index is 1110. The lowest BCUT2D eigenvalue weighted by atomic mass is 10.0. The molecule has 29 heavy (non-hydrogen) atoms. The molecule has 0 unspecified atom stereocenters. The van der Waals surface area contributed by atoms with Crippen molar-refractivity contribution < 1.29 is 4.42 Å². The Hall–Kier alpha value is -2.42. The van der Waals surface area contributed by atoms with Crippen molar-refractivity contribution in [1.29, 1.82) is 0 Å². The first-order chi connectivity index (χ1) is 14.0. The van der Waals surface area contributed by atoms with Crippen LogP contribution in [0.5, 0.6) is 0 Å². The fourth-order valence-electron chi connectivity index (χ4n) is 2.85. The minimum absolute atomic E-state index is 0.110. The SMILES string of the molecule is CCc1nc(S[C@H](C)c2nnc(-c3cccs3)o2)nc(N)c1-c1ccc(Cl)cc1. The van der Waals surface area contributed by atoms with Crippen molar-refractivity contribution in [2.24, 2.45) is 0 Å². The van der Waals surface area contributed by atoms with Gasteiger partial charge in [-0.3, -0.25) is 0 Å². The van der Waals surface area contributed by atoms with Crippen LogP contribution in [0.15, 0.2) is 51.4 Å². The number of thiophene rings is 1. The van der Waals surface area contributed by atoms with E-state index in [1.165, 1.54) is 11.8 Å². The number of aryl methyl sites for hydroxylation is 1. The van der Waals surface area contributed by atoms with Crippen LogP contribution < -0.4 is 5.73 Å². The quantitative estimate of drug-likeness (QED) is 0.292. The zero-order valence-corrected chi connectivity index (χ0v) is 18.2. The summed E-state index contributed by atoms with van der Waals surface area (Å²) in [5.41, 5.74) is 8.99. The summed E-state index contributed by atoms with van der Waals surface area (Å²) in [4.78, 5) is 10.2. The zero-order valence-electron chi connectivity index (χ0n) is 15.8. The third kappa shape index (κ3) is 4.29. The number of thioether (sulfide) groups is 1. The number of anilines is 1. The lowest BCUT2D eigenvalue weighted by molar-refractivity contribution is 0.510. The van der Waals surface area contributed by atoms with Crippen molar-refractivity contribution in [3.8, 4) is 21.9 Å². The van der Waals surface area contributed by atoms with Crippen LogP contribution in [-0.2, 0) is 6.42 Å². The molecule has 2 N–H and O–H groups in total. The second-order valence-electron chi connectivity index (χ2n) is 6.26. The van der Waals surface area contributed by atoms with Crippen molar-refractivity contribution in [1.82, 2.24) is 20.2 Å². The van der Waals surface area contributed by atoms with Crippen molar-refractivity contribution in [3.05, 3.63) is 58.4 Å². The van der Waals surface area contributed by atoms with Crippen LogP contribution in [0, 0.1) is 0 Å². The highest BCUT2D eigenvalue weighted by atomic mass is 35.5. The molecule has 0 spiro atoms. The van der Waals surface area contributed by atoms with Gasteiger partial charge in [-0.25, -0.2) is 9.97 Å². The molecule has 6 nitrogen and oxygen atoms in total. The highest BCUT2D eigenvalue weighted by molar-refractivity contribution is 7.99. The summed E-state index contributed by atoms with van der Waals surface area (Å²) in [6.07, 6.45) is 0.732. The molecule has 1 atom stereocenters. The van der Waals surface area contributed by atoms with Gasteiger partial charge in [-0.2, -0.15) is 0 Å². The van der Waals surface area contributed by atoms with E-state index in [4.69, 9.17) is 26.7 Å². The van der Waals surface area contributed by atoms with Crippen LogP contribution in [-0.4, -0.2) is 20.2 Å². The molecular formula is C20H18ClN5OS2. The number of rotatable bonds is 6. The molecule has 0 saturated carbocycles. The molecule has 0 saturated heterocycles. The molecule has 0 aliphatic carbocycles. The Labute approximate surface area is 181 Å². The Morgan fingerprint density at radius 3 is 2.66 bits per heavy atom. The van der Waals surface area contributed by atoms with E-state index in [1.54, 1.807) is 11.3 Å². The molecule has 0 aliphatic heterocycles. The fraction of sp³-hybridized carbons (Fsp3) is 0.200. The average molecular weight is 444 g/mol. The highest BCUT2D eigenvalue weighted by Gasteiger charge is 2.20. The van der Waals surface area contributed by atoms with E-state index < -0.39 is 0 Å². The minimum atomic E-state index is -0.110. The predicted octanol–water partition coefficient (Wildman–Crippen LogP) is 5.91. The van der Waals surface area contributed by atoms with Gasteiger partial charge in [0, 0.05) is 10.6 Å². The average Bonchev–Trinajstić information content (AvgIpc) is 3.40.